The molecule has 0 unspecified atom stereocenters. The van der Waals surface area contributed by atoms with Gasteiger partial charge in [-0.3, -0.25) is 4.68 Å². The van der Waals surface area contributed by atoms with Gasteiger partial charge in [0, 0.05) is 26.8 Å². The van der Waals surface area contributed by atoms with Crippen molar-refractivity contribution in [3.63, 3.8) is 0 Å². The van der Waals surface area contributed by atoms with Gasteiger partial charge in [-0.2, -0.15) is 5.10 Å². The molecule has 1 fully saturated rings. The molecule has 2 rings (SSSR count). The number of ether oxygens (including phenoxy) is 1. The normalized spacial score (nSPS) is 30.6. The van der Waals surface area contributed by atoms with E-state index in [0.717, 1.165) is 31.4 Å². The van der Waals surface area contributed by atoms with E-state index >= 15 is 0 Å². The predicted octanol–water partition coefficient (Wildman–Crippen LogP) is 1.28. The van der Waals surface area contributed by atoms with Crippen molar-refractivity contribution in [2.45, 2.75) is 43.8 Å². The van der Waals surface area contributed by atoms with Gasteiger partial charge in [0.1, 0.15) is 0 Å². The summed E-state index contributed by atoms with van der Waals surface area (Å²) in [4.78, 5) is 0. The summed E-state index contributed by atoms with van der Waals surface area (Å²) in [6.07, 6.45) is 6.40. The summed E-state index contributed by atoms with van der Waals surface area (Å²) in [6.45, 7) is 0. The molecule has 1 aromatic heterocycles. The molecule has 16 heavy (non-hydrogen) atoms. The zero-order chi connectivity index (χ0) is 11.6. The number of methoxy groups -OCH3 is 1. The zero-order valence-electron chi connectivity index (χ0n) is 10.0. The van der Waals surface area contributed by atoms with Crippen LogP contribution in [-0.2, 0) is 18.2 Å². The minimum atomic E-state index is -0.580. The van der Waals surface area contributed by atoms with Crippen molar-refractivity contribution in [2.24, 2.45) is 7.05 Å². The first kappa shape index (κ1) is 11.6. The molecule has 1 saturated carbocycles. The average Bonchev–Trinajstić information content (AvgIpc) is 2.64. The van der Waals surface area contributed by atoms with E-state index < -0.39 is 5.60 Å². The lowest BCUT2D eigenvalue weighted by molar-refractivity contribution is -0.0433. The molecule has 0 atom stereocenters. The molecule has 0 saturated heterocycles. The Kier molecular flexibility index (Phi) is 3.30. The molecule has 0 radical (unpaired) electrons. The van der Waals surface area contributed by atoms with Crippen LogP contribution in [0.5, 0.6) is 0 Å². The molecule has 1 aromatic rings. The Labute approximate surface area is 96.2 Å². The highest BCUT2D eigenvalue weighted by molar-refractivity contribution is 5.05. The van der Waals surface area contributed by atoms with Gasteiger partial charge in [0.05, 0.1) is 17.4 Å². The number of hydrogen-bond acceptors (Lipinski definition) is 3. The van der Waals surface area contributed by atoms with Crippen LogP contribution in [0.25, 0.3) is 0 Å². The first-order chi connectivity index (χ1) is 7.61. The summed E-state index contributed by atoms with van der Waals surface area (Å²) in [7, 11) is 3.64. The molecule has 1 aliphatic rings. The van der Waals surface area contributed by atoms with Crippen molar-refractivity contribution in [1.82, 2.24) is 9.78 Å². The molecule has 1 aliphatic carbocycles. The first-order valence-electron chi connectivity index (χ1n) is 5.85. The molecule has 1 heterocycles. The lowest BCUT2D eigenvalue weighted by Gasteiger charge is -2.35. The highest BCUT2D eigenvalue weighted by Crippen LogP contribution is 2.32. The summed E-state index contributed by atoms with van der Waals surface area (Å²) in [5.41, 5.74) is 0.393. The monoisotopic (exact) mass is 224 g/mol. The summed E-state index contributed by atoms with van der Waals surface area (Å²) in [6, 6.07) is 1.97. The summed E-state index contributed by atoms with van der Waals surface area (Å²) in [5.74, 6) is 0. The van der Waals surface area contributed by atoms with Gasteiger partial charge in [0.15, 0.2) is 0 Å². The maximum absolute atomic E-state index is 10.4. The number of aliphatic hydroxyl groups is 1. The Morgan fingerprint density at radius 3 is 2.75 bits per heavy atom. The molecule has 0 aromatic carbocycles. The van der Waals surface area contributed by atoms with Crippen molar-refractivity contribution in [3.8, 4) is 0 Å². The molecule has 4 heteroatoms. The highest BCUT2D eigenvalue weighted by atomic mass is 16.5. The molecule has 1 N–H and O–H groups in total. The van der Waals surface area contributed by atoms with Gasteiger partial charge >= 0.3 is 0 Å². The van der Waals surface area contributed by atoms with E-state index in [-0.39, 0.29) is 0 Å². The predicted molar refractivity (Wildman–Crippen MR) is 61.1 cm³/mol. The minimum Gasteiger partial charge on any atom is -0.389 e. The van der Waals surface area contributed by atoms with Gasteiger partial charge in [-0.25, -0.2) is 0 Å². The van der Waals surface area contributed by atoms with E-state index in [1.54, 1.807) is 11.8 Å². The van der Waals surface area contributed by atoms with Gasteiger partial charge in [0.25, 0.3) is 0 Å². The topological polar surface area (TPSA) is 47.3 Å². The number of rotatable bonds is 3. The van der Waals surface area contributed by atoms with Crippen molar-refractivity contribution in [1.29, 1.82) is 0 Å². The third kappa shape index (κ3) is 2.62. The molecule has 90 valence electrons. The van der Waals surface area contributed by atoms with Crippen LogP contribution in [0.3, 0.4) is 0 Å². The van der Waals surface area contributed by atoms with E-state index in [4.69, 9.17) is 4.74 Å². The molecular weight excluding hydrogens is 204 g/mol. The van der Waals surface area contributed by atoms with Crippen molar-refractivity contribution >= 4 is 0 Å². The zero-order valence-corrected chi connectivity index (χ0v) is 10.0. The lowest BCUT2D eigenvalue weighted by atomic mass is 9.80. The smallest absolute Gasteiger partial charge is 0.0705 e. The van der Waals surface area contributed by atoms with Crippen LogP contribution in [0, 0.1) is 0 Å². The highest BCUT2D eigenvalue weighted by Gasteiger charge is 2.33. The van der Waals surface area contributed by atoms with Crippen LogP contribution < -0.4 is 0 Å². The molecule has 0 aliphatic heterocycles. The molecule has 0 amide bonds. The standard InChI is InChI=1S/C12H20N2O2/c1-14-8-5-10(13-14)9-12(15)6-3-11(16-2)4-7-12/h5,8,11,15H,3-4,6-7,9H2,1-2H3. The van der Waals surface area contributed by atoms with Gasteiger partial charge in [-0.05, 0) is 31.7 Å². The Morgan fingerprint density at radius 2 is 2.25 bits per heavy atom. The van der Waals surface area contributed by atoms with E-state index in [1.807, 2.05) is 19.3 Å². The van der Waals surface area contributed by atoms with Crippen LogP contribution in [0.4, 0.5) is 0 Å². The second-order valence-corrected chi connectivity index (χ2v) is 4.82. The Balaban J connectivity index is 1.94. The quantitative estimate of drug-likeness (QED) is 0.841. The largest absolute Gasteiger partial charge is 0.389 e. The lowest BCUT2D eigenvalue weighted by Crippen LogP contribution is -2.38. The second-order valence-electron chi connectivity index (χ2n) is 4.82. The SMILES string of the molecule is COC1CCC(O)(Cc2ccn(C)n2)CC1. The van der Waals surface area contributed by atoms with Crippen LogP contribution >= 0.6 is 0 Å². The average molecular weight is 224 g/mol. The first-order valence-corrected chi connectivity index (χ1v) is 5.85. The van der Waals surface area contributed by atoms with E-state index in [9.17, 15) is 5.11 Å². The number of aromatic nitrogens is 2. The van der Waals surface area contributed by atoms with Crippen molar-refractivity contribution in [2.75, 3.05) is 7.11 Å². The molecule has 0 spiro atoms. The summed E-state index contributed by atoms with van der Waals surface area (Å²) >= 11 is 0. The van der Waals surface area contributed by atoms with E-state index in [0.29, 0.717) is 12.5 Å². The number of hydrogen-bond donors (Lipinski definition) is 1. The summed E-state index contributed by atoms with van der Waals surface area (Å²) < 4.78 is 7.09. The fourth-order valence-corrected chi connectivity index (χ4v) is 2.44. The maximum atomic E-state index is 10.4. The van der Waals surface area contributed by atoms with Crippen LogP contribution in [0.1, 0.15) is 31.4 Å². The Bertz CT molecular complexity index is 341. The fourth-order valence-electron chi connectivity index (χ4n) is 2.44. The van der Waals surface area contributed by atoms with Gasteiger partial charge < -0.3 is 9.84 Å². The molecule has 0 bridgehead atoms. The third-order valence-electron chi connectivity index (χ3n) is 3.48. The van der Waals surface area contributed by atoms with Crippen LogP contribution in [-0.4, -0.2) is 33.7 Å². The third-order valence-corrected chi connectivity index (χ3v) is 3.48. The Morgan fingerprint density at radius 1 is 1.56 bits per heavy atom. The maximum Gasteiger partial charge on any atom is 0.0705 e. The van der Waals surface area contributed by atoms with E-state index in [1.165, 1.54) is 0 Å². The van der Waals surface area contributed by atoms with Gasteiger partial charge in [0.2, 0.25) is 0 Å². The number of aryl methyl sites for hydroxylation is 1. The van der Waals surface area contributed by atoms with Crippen molar-refractivity contribution in [3.05, 3.63) is 18.0 Å². The van der Waals surface area contributed by atoms with Crippen molar-refractivity contribution < 1.29 is 9.84 Å². The van der Waals surface area contributed by atoms with Gasteiger partial charge in [-0.1, -0.05) is 0 Å². The van der Waals surface area contributed by atoms with E-state index in [2.05, 4.69) is 5.10 Å². The minimum absolute atomic E-state index is 0.323. The van der Waals surface area contributed by atoms with Crippen LogP contribution in [0.15, 0.2) is 12.3 Å². The molecule has 4 nitrogen and oxygen atoms in total. The van der Waals surface area contributed by atoms with Crippen LogP contribution in [0.2, 0.25) is 0 Å². The Hall–Kier alpha value is -0.870. The fraction of sp³-hybridized carbons (Fsp3) is 0.750. The summed E-state index contributed by atoms with van der Waals surface area (Å²) in [5, 5.41) is 14.8. The molecular formula is C12H20N2O2. The van der Waals surface area contributed by atoms with Gasteiger partial charge in [-0.15, -0.1) is 0 Å². The number of nitrogens with zero attached hydrogens (tertiary/aromatic N) is 2. The second kappa shape index (κ2) is 4.55.